The number of aromatic amines is 1. The number of carbonyl (C=O) groups excluding carboxylic acids is 1. The number of anilines is 1. The second-order valence-corrected chi connectivity index (χ2v) is 5.86. The molecule has 24 heavy (non-hydrogen) atoms. The van der Waals surface area contributed by atoms with E-state index in [9.17, 15) is 4.79 Å². The van der Waals surface area contributed by atoms with Gasteiger partial charge in [0.2, 0.25) is 11.9 Å². The summed E-state index contributed by atoms with van der Waals surface area (Å²) in [6.07, 6.45) is 4.59. The fourth-order valence-corrected chi connectivity index (χ4v) is 3.16. The minimum absolute atomic E-state index is 0.0614. The topological polar surface area (TPSA) is 83.6 Å². The molecule has 0 unspecified atom stereocenters. The number of benzene rings is 1. The van der Waals surface area contributed by atoms with Crippen molar-refractivity contribution in [1.29, 1.82) is 0 Å². The molecule has 1 aliphatic carbocycles. The summed E-state index contributed by atoms with van der Waals surface area (Å²) >= 11 is 0. The van der Waals surface area contributed by atoms with Crippen LogP contribution in [0, 0.1) is 0 Å². The van der Waals surface area contributed by atoms with Gasteiger partial charge in [-0.25, -0.2) is 0 Å². The highest BCUT2D eigenvalue weighted by Crippen LogP contribution is 2.32. The third-order valence-electron chi connectivity index (χ3n) is 4.31. The van der Waals surface area contributed by atoms with Crippen molar-refractivity contribution in [2.45, 2.75) is 25.2 Å². The van der Waals surface area contributed by atoms with Gasteiger partial charge in [-0.1, -0.05) is 30.3 Å². The van der Waals surface area contributed by atoms with Crippen LogP contribution in [0.3, 0.4) is 0 Å². The van der Waals surface area contributed by atoms with E-state index in [1.807, 2.05) is 36.4 Å². The Bertz CT molecular complexity index is 859. The number of nitrogens with zero attached hydrogens (tertiary/aromatic N) is 3. The normalized spacial score (nSPS) is 16.4. The summed E-state index contributed by atoms with van der Waals surface area (Å²) in [6.45, 7) is 0. The smallest absolute Gasteiger partial charge is 0.249 e. The molecule has 2 heterocycles. The molecule has 1 aliphatic rings. The van der Waals surface area contributed by atoms with E-state index in [0.29, 0.717) is 11.5 Å². The first-order valence-corrected chi connectivity index (χ1v) is 8.04. The van der Waals surface area contributed by atoms with E-state index in [2.05, 4.69) is 31.5 Å². The number of amides is 1. The molecule has 0 aliphatic heterocycles. The van der Waals surface area contributed by atoms with Gasteiger partial charge in [0.15, 0.2) is 5.82 Å². The van der Waals surface area contributed by atoms with Gasteiger partial charge in [-0.15, -0.1) is 5.10 Å². The van der Waals surface area contributed by atoms with E-state index in [1.54, 1.807) is 6.20 Å². The van der Waals surface area contributed by atoms with Crippen LogP contribution >= 0.6 is 0 Å². The van der Waals surface area contributed by atoms with Crippen molar-refractivity contribution in [3.05, 3.63) is 59.8 Å². The number of aryl methyl sites for hydroxylation is 1. The van der Waals surface area contributed by atoms with Gasteiger partial charge >= 0.3 is 0 Å². The quantitative estimate of drug-likeness (QED) is 0.777. The van der Waals surface area contributed by atoms with Crippen LogP contribution in [0.4, 0.5) is 5.95 Å². The summed E-state index contributed by atoms with van der Waals surface area (Å²) < 4.78 is 0. The third kappa shape index (κ3) is 2.78. The maximum atomic E-state index is 12.7. The zero-order valence-electron chi connectivity index (χ0n) is 13.1. The van der Waals surface area contributed by atoms with Crippen molar-refractivity contribution in [3.63, 3.8) is 0 Å². The number of H-pyrrole nitrogens is 1. The highest BCUT2D eigenvalue weighted by Gasteiger charge is 2.26. The standard InChI is InChI=1S/C18H17N5O/c24-17(14-9-5-7-12-6-1-2-8-13(12)14)21-18-20-16(22-23-18)15-10-3-4-11-19-15/h1-4,6,8,10-11,14H,5,7,9H2,(H2,20,21,22,23,24)/t14-/m0/s1. The average Bonchev–Trinajstić information content (AvgIpc) is 3.10. The Hall–Kier alpha value is -3.02. The second-order valence-electron chi connectivity index (χ2n) is 5.86. The van der Waals surface area contributed by atoms with Gasteiger partial charge in [0.1, 0.15) is 5.69 Å². The van der Waals surface area contributed by atoms with Crippen molar-refractivity contribution in [2.75, 3.05) is 5.32 Å². The molecule has 3 aromatic rings. The first-order valence-electron chi connectivity index (χ1n) is 8.04. The maximum absolute atomic E-state index is 12.7. The third-order valence-corrected chi connectivity index (χ3v) is 4.31. The number of pyridine rings is 1. The molecule has 0 radical (unpaired) electrons. The molecule has 0 bridgehead atoms. The van der Waals surface area contributed by atoms with Gasteiger partial charge in [-0.05, 0) is 42.5 Å². The highest BCUT2D eigenvalue weighted by molar-refractivity contribution is 5.95. The van der Waals surface area contributed by atoms with Gasteiger partial charge in [-0.3, -0.25) is 20.2 Å². The van der Waals surface area contributed by atoms with Crippen molar-refractivity contribution in [2.24, 2.45) is 0 Å². The molecule has 0 spiro atoms. The van der Waals surface area contributed by atoms with E-state index in [-0.39, 0.29) is 17.8 Å². The lowest BCUT2D eigenvalue weighted by Gasteiger charge is -2.23. The molecule has 2 N–H and O–H groups in total. The van der Waals surface area contributed by atoms with E-state index >= 15 is 0 Å². The number of hydrogen-bond donors (Lipinski definition) is 2. The number of aromatic nitrogens is 4. The summed E-state index contributed by atoms with van der Waals surface area (Å²) in [5, 5.41) is 9.71. The molecule has 4 rings (SSSR count). The predicted octanol–water partition coefficient (Wildman–Crippen LogP) is 2.93. The molecule has 6 heteroatoms. The molecule has 1 atom stereocenters. The van der Waals surface area contributed by atoms with Crippen LogP contribution in [-0.2, 0) is 11.2 Å². The highest BCUT2D eigenvalue weighted by atomic mass is 16.2. The van der Waals surface area contributed by atoms with Crippen LogP contribution in [-0.4, -0.2) is 26.1 Å². The van der Waals surface area contributed by atoms with Crippen LogP contribution in [0.25, 0.3) is 11.5 Å². The molecule has 0 saturated heterocycles. The second kappa shape index (κ2) is 6.23. The Balaban J connectivity index is 1.53. The number of hydrogen-bond acceptors (Lipinski definition) is 4. The van der Waals surface area contributed by atoms with Crippen LogP contribution < -0.4 is 5.32 Å². The molecule has 1 aromatic carbocycles. The molecular formula is C18H17N5O. The average molecular weight is 319 g/mol. The van der Waals surface area contributed by atoms with Gasteiger partial charge in [0.05, 0.1) is 5.92 Å². The predicted molar refractivity (Wildman–Crippen MR) is 90.4 cm³/mol. The number of rotatable bonds is 3. The van der Waals surface area contributed by atoms with E-state index in [4.69, 9.17) is 0 Å². The van der Waals surface area contributed by atoms with Crippen LogP contribution in [0.15, 0.2) is 48.7 Å². The first-order chi connectivity index (χ1) is 11.8. The molecular weight excluding hydrogens is 302 g/mol. The molecule has 120 valence electrons. The zero-order chi connectivity index (χ0) is 16.4. The Kier molecular flexibility index (Phi) is 3.78. The van der Waals surface area contributed by atoms with Crippen molar-refractivity contribution in [3.8, 4) is 11.5 Å². The largest absolute Gasteiger partial charge is 0.293 e. The van der Waals surface area contributed by atoms with Crippen LogP contribution in [0.2, 0.25) is 0 Å². The van der Waals surface area contributed by atoms with Gasteiger partial charge in [0.25, 0.3) is 0 Å². The van der Waals surface area contributed by atoms with Crippen LogP contribution in [0.5, 0.6) is 0 Å². The first kappa shape index (κ1) is 14.6. The molecule has 0 fully saturated rings. The zero-order valence-corrected chi connectivity index (χ0v) is 13.1. The summed E-state index contributed by atoms with van der Waals surface area (Å²) in [4.78, 5) is 21.2. The number of nitrogens with one attached hydrogen (secondary N) is 2. The molecule has 0 saturated carbocycles. The maximum Gasteiger partial charge on any atom is 0.249 e. The monoisotopic (exact) mass is 319 g/mol. The van der Waals surface area contributed by atoms with Gasteiger partial charge in [0, 0.05) is 6.20 Å². The number of fused-ring (bicyclic) bond motifs is 1. The van der Waals surface area contributed by atoms with E-state index < -0.39 is 0 Å². The lowest BCUT2D eigenvalue weighted by Crippen LogP contribution is -2.25. The fraction of sp³-hybridized carbons (Fsp3) is 0.222. The minimum atomic E-state index is -0.147. The van der Waals surface area contributed by atoms with Gasteiger partial charge < -0.3 is 0 Å². The Morgan fingerprint density at radius 3 is 2.92 bits per heavy atom. The summed E-state index contributed by atoms with van der Waals surface area (Å²) in [5.74, 6) is 0.610. The van der Waals surface area contributed by atoms with Crippen molar-refractivity contribution < 1.29 is 4.79 Å². The molecule has 6 nitrogen and oxygen atoms in total. The minimum Gasteiger partial charge on any atom is -0.293 e. The number of carbonyl (C=O) groups is 1. The summed E-state index contributed by atoms with van der Waals surface area (Å²) in [5.41, 5.74) is 3.06. The van der Waals surface area contributed by atoms with Gasteiger partial charge in [-0.2, -0.15) is 4.98 Å². The van der Waals surface area contributed by atoms with E-state index in [0.717, 1.165) is 24.8 Å². The van der Waals surface area contributed by atoms with Crippen molar-refractivity contribution >= 4 is 11.9 Å². The van der Waals surface area contributed by atoms with Crippen LogP contribution in [0.1, 0.15) is 29.9 Å². The SMILES string of the molecule is O=C(Nc1n[nH]c(-c2ccccn2)n1)[C@H]1CCCc2ccccc21. The fourth-order valence-electron chi connectivity index (χ4n) is 3.16. The molecule has 1 amide bonds. The lowest BCUT2D eigenvalue weighted by atomic mass is 9.82. The Morgan fingerprint density at radius 1 is 1.17 bits per heavy atom. The van der Waals surface area contributed by atoms with Crippen molar-refractivity contribution in [1.82, 2.24) is 20.2 Å². The lowest BCUT2D eigenvalue weighted by molar-refractivity contribution is -0.117. The molecule has 2 aromatic heterocycles. The summed E-state index contributed by atoms with van der Waals surface area (Å²) in [7, 11) is 0. The Labute approximate surface area is 139 Å². The Morgan fingerprint density at radius 2 is 2.04 bits per heavy atom. The summed E-state index contributed by atoms with van der Waals surface area (Å²) in [6, 6.07) is 13.7. The van der Waals surface area contributed by atoms with E-state index in [1.165, 1.54) is 5.56 Å².